The molecular formula is C19H20FNOS. The number of nitrogens with zero attached hydrogens (tertiary/aromatic N) is 1. The van der Waals surface area contributed by atoms with E-state index in [9.17, 15) is 9.18 Å². The van der Waals surface area contributed by atoms with Crippen molar-refractivity contribution in [1.82, 2.24) is 4.90 Å². The summed E-state index contributed by atoms with van der Waals surface area (Å²) < 4.78 is 13.9. The summed E-state index contributed by atoms with van der Waals surface area (Å²) in [5.74, 6) is -0.133. The van der Waals surface area contributed by atoms with Gasteiger partial charge in [0.1, 0.15) is 5.82 Å². The summed E-state index contributed by atoms with van der Waals surface area (Å²) in [6, 6.07) is 8.72. The molecule has 0 unspecified atom stereocenters. The van der Waals surface area contributed by atoms with Gasteiger partial charge < -0.3 is 4.90 Å². The number of benzene rings is 1. The first-order valence-corrected chi connectivity index (χ1v) is 8.84. The first-order chi connectivity index (χ1) is 11.1. The Morgan fingerprint density at radius 2 is 1.96 bits per heavy atom. The normalized spacial score (nSPS) is 15.7. The van der Waals surface area contributed by atoms with Crippen LogP contribution in [-0.4, -0.2) is 23.9 Å². The number of hydrogen-bond donors (Lipinski definition) is 0. The predicted octanol–water partition coefficient (Wildman–Crippen LogP) is 4.97. The average Bonchev–Trinajstić information content (AvgIpc) is 3.06. The lowest BCUT2D eigenvalue weighted by molar-refractivity contribution is -0.126. The molecule has 23 heavy (non-hydrogen) atoms. The summed E-state index contributed by atoms with van der Waals surface area (Å²) in [5.41, 5.74) is 2.40. The third-order valence-electron chi connectivity index (χ3n) is 4.18. The molecule has 1 aliphatic heterocycles. The van der Waals surface area contributed by atoms with Gasteiger partial charge in [-0.05, 0) is 54.8 Å². The molecule has 0 atom stereocenters. The van der Waals surface area contributed by atoms with E-state index < -0.39 is 0 Å². The molecule has 1 aliphatic rings. The summed E-state index contributed by atoms with van der Waals surface area (Å²) in [6.45, 7) is 3.65. The van der Waals surface area contributed by atoms with E-state index in [1.807, 2.05) is 29.3 Å². The minimum Gasteiger partial charge on any atom is -0.339 e. The molecule has 1 aromatic heterocycles. The van der Waals surface area contributed by atoms with Gasteiger partial charge in [0.25, 0.3) is 0 Å². The van der Waals surface area contributed by atoms with Crippen molar-refractivity contribution in [2.24, 2.45) is 0 Å². The van der Waals surface area contributed by atoms with E-state index in [0.717, 1.165) is 41.9 Å². The smallest absolute Gasteiger partial charge is 0.246 e. The van der Waals surface area contributed by atoms with Crippen LogP contribution < -0.4 is 0 Å². The van der Waals surface area contributed by atoms with Gasteiger partial charge in [0.2, 0.25) is 5.91 Å². The van der Waals surface area contributed by atoms with Crippen LogP contribution in [0.2, 0.25) is 0 Å². The molecule has 2 heterocycles. The van der Waals surface area contributed by atoms with Crippen molar-refractivity contribution in [3.8, 4) is 11.1 Å². The maximum Gasteiger partial charge on any atom is 0.246 e. The molecule has 1 saturated heterocycles. The first kappa shape index (κ1) is 15.9. The van der Waals surface area contributed by atoms with Crippen LogP contribution in [0.1, 0.15) is 31.1 Å². The molecule has 4 heteroatoms. The largest absolute Gasteiger partial charge is 0.339 e. The number of allylic oxidation sites excluding steroid dienone is 1. The third-order valence-corrected chi connectivity index (χ3v) is 5.25. The van der Waals surface area contributed by atoms with Gasteiger partial charge >= 0.3 is 0 Å². The fourth-order valence-corrected chi connectivity index (χ4v) is 3.73. The molecule has 0 spiro atoms. The quantitative estimate of drug-likeness (QED) is 0.728. The third kappa shape index (κ3) is 3.70. The highest BCUT2D eigenvalue weighted by atomic mass is 32.1. The van der Waals surface area contributed by atoms with Crippen molar-refractivity contribution in [2.75, 3.05) is 13.1 Å². The predicted molar refractivity (Wildman–Crippen MR) is 93.8 cm³/mol. The van der Waals surface area contributed by atoms with Crippen molar-refractivity contribution in [3.05, 3.63) is 52.5 Å². The molecule has 2 nitrogen and oxygen atoms in total. The number of halogens is 1. The van der Waals surface area contributed by atoms with Crippen LogP contribution in [0.15, 0.2) is 41.8 Å². The second kappa shape index (κ2) is 7.09. The minimum absolute atomic E-state index is 0.0861. The Kier molecular flexibility index (Phi) is 4.91. The summed E-state index contributed by atoms with van der Waals surface area (Å²) in [5, 5.41) is 1.94. The van der Waals surface area contributed by atoms with Crippen LogP contribution in [0.25, 0.3) is 16.7 Å². The Bertz CT molecular complexity index is 728. The molecule has 0 radical (unpaired) electrons. The van der Waals surface area contributed by atoms with Crippen LogP contribution in [0, 0.1) is 5.82 Å². The Labute approximate surface area is 140 Å². The molecule has 1 fully saturated rings. The zero-order chi connectivity index (χ0) is 16.2. The maximum absolute atomic E-state index is 13.9. The standard InChI is InChI=1S/C19H20FNOS/c1-14(11-19(22)21-9-5-2-6-10-21)18-12-15(13-23-18)16-7-3-4-8-17(16)20/h3-4,7-8,11-13H,2,5-6,9-10H2,1H3/b14-11-. The summed E-state index contributed by atoms with van der Waals surface area (Å²) >= 11 is 1.54. The van der Waals surface area contributed by atoms with Crippen LogP contribution >= 0.6 is 11.3 Å². The zero-order valence-electron chi connectivity index (χ0n) is 13.2. The molecule has 2 aromatic rings. The number of amides is 1. The topological polar surface area (TPSA) is 20.3 Å². The molecular weight excluding hydrogens is 309 g/mol. The molecule has 0 bridgehead atoms. The lowest BCUT2D eigenvalue weighted by Gasteiger charge is -2.25. The van der Waals surface area contributed by atoms with Gasteiger partial charge in [-0.3, -0.25) is 4.79 Å². The van der Waals surface area contributed by atoms with Crippen LogP contribution in [0.4, 0.5) is 4.39 Å². The fourth-order valence-electron chi connectivity index (χ4n) is 2.84. The number of thiophene rings is 1. The van der Waals surface area contributed by atoms with Gasteiger partial charge in [0.05, 0.1) is 0 Å². The number of piperidine rings is 1. The van der Waals surface area contributed by atoms with Crippen LogP contribution in [-0.2, 0) is 4.79 Å². The van der Waals surface area contributed by atoms with Crippen molar-refractivity contribution >= 4 is 22.8 Å². The fraction of sp³-hybridized carbons (Fsp3) is 0.316. The van der Waals surface area contributed by atoms with E-state index in [1.54, 1.807) is 29.5 Å². The van der Waals surface area contributed by atoms with E-state index in [2.05, 4.69) is 0 Å². The first-order valence-electron chi connectivity index (χ1n) is 7.96. The second-order valence-corrected chi connectivity index (χ2v) is 6.80. The monoisotopic (exact) mass is 329 g/mol. The van der Waals surface area contributed by atoms with Gasteiger partial charge in [-0.25, -0.2) is 4.39 Å². The number of carbonyl (C=O) groups is 1. The summed E-state index contributed by atoms with van der Waals surface area (Å²) in [6.07, 6.45) is 5.11. The molecule has 3 rings (SSSR count). The molecule has 1 amide bonds. The molecule has 0 aliphatic carbocycles. The van der Waals surface area contributed by atoms with Gasteiger partial charge in [-0.15, -0.1) is 11.3 Å². The number of rotatable bonds is 3. The molecule has 0 saturated carbocycles. The number of carbonyl (C=O) groups excluding carboxylic acids is 1. The summed E-state index contributed by atoms with van der Waals surface area (Å²) in [4.78, 5) is 15.2. The van der Waals surface area contributed by atoms with Gasteiger partial charge in [-0.2, -0.15) is 0 Å². The highest BCUT2D eigenvalue weighted by Crippen LogP contribution is 2.31. The van der Waals surface area contributed by atoms with Crippen molar-refractivity contribution in [3.63, 3.8) is 0 Å². The Morgan fingerprint density at radius 3 is 2.70 bits per heavy atom. The van der Waals surface area contributed by atoms with Crippen LogP contribution in [0.5, 0.6) is 0 Å². The Hall–Kier alpha value is -1.94. The minimum atomic E-state index is -0.220. The van der Waals surface area contributed by atoms with E-state index in [4.69, 9.17) is 0 Å². The highest BCUT2D eigenvalue weighted by Gasteiger charge is 2.15. The van der Waals surface area contributed by atoms with E-state index in [0.29, 0.717) is 5.56 Å². The van der Waals surface area contributed by atoms with Crippen molar-refractivity contribution in [1.29, 1.82) is 0 Å². The van der Waals surface area contributed by atoms with Gasteiger partial charge in [-0.1, -0.05) is 18.2 Å². The number of hydrogen-bond acceptors (Lipinski definition) is 2. The average molecular weight is 329 g/mol. The Balaban J connectivity index is 1.78. The maximum atomic E-state index is 13.9. The Morgan fingerprint density at radius 1 is 1.22 bits per heavy atom. The van der Waals surface area contributed by atoms with E-state index in [1.165, 1.54) is 12.5 Å². The lowest BCUT2D eigenvalue weighted by Crippen LogP contribution is -2.34. The lowest BCUT2D eigenvalue weighted by atomic mass is 10.1. The van der Waals surface area contributed by atoms with Crippen LogP contribution in [0.3, 0.4) is 0 Å². The molecule has 0 N–H and O–H groups in total. The van der Waals surface area contributed by atoms with Crippen molar-refractivity contribution < 1.29 is 9.18 Å². The highest BCUT2D eigenvalue weighted by molar-refractivity contribution is 7.11. The zero-order valence-corrected chi connectivity index (χ0v) is 14.0. The van der Waals surface area contributed by atoms with E-state index >= 15 is 0 Å². The SMILES string of the molecule is C/C(=C/C(=O)N1CCCCC1)c1cc(-c2ccccc2F)cs1. The van der Waals surface area contributed by atoms with Gasteiger partial charge in [0, 0.05) is 29.6 Å². The number of likely N-dealkylation sites (tertiary alicyclic amines) is 1. The molecule has 120 valence electrons. The van der Waals surface area contributed by atoms with Crippen molar-refractivity contribution in [2.45, 2.75) is 26.2 Å². The molecule has 1 aromatic carbocycles. The van der Waals surface area contributed by atoms with Gasteiger partial charge in [0.15, 0.2) is 0 Å². The van der Waals surface area contributed by atoms with E-state index in [-0.39, 0.29) is 11.7 Å². The summed E-state index contributed by atoms with van der Waals surface area (Å²) in [7, 11) is 0. The second-order valence-electron chi connectivity index (χ2n) is 5.89.